The molecule has 2 atom stereocenters. The molecule has 3 rings (SSSR count). The number of benzene rings is 1. The lowest BCUT2D eigenvalue weighted by Crippen LogP contribution is -2.33. The predicted molar refractivity (Wildman–Crippen MR) is 102 cm³/mol. The Labute approximate surface area is 161 Å². The molecule has 0 saturated carbocycles. The third-order valence-corrected chi connectivity index (χ3v) is 5.17. The number of nitrogens with zero attached hydrogens (tertiary/aromatic N) is 1. The van der Waals surface area contributed by atoms with E-state index < -0.39 is 0 Å². The van der Waals surface area contributed by atoms with Crippen LogP contribution in [0.15, 0.2) is 24.3 Å². The molecule has 0 bridgehead atoms. The first-order valence-corrected chi connectivity index (χ1v) is 9.92. The second kappa shape index (κ2) is 9.85. The summed E-state index contributed by atoms with van der Waals surface area (Å²) in [5.41, 5.74) is 2.29. The molecule has 0 aromatic heterocycles. The minimum Gasteiger partial charge on any atom is -0.379 e. The quantitative estimate of drug-likeness (QED) is 0.672. The highest BCUT2D eigenvalue weighted by molar-refractivity contribution is 5.89. The van der Waals surface area contributed by atoms with Gasteiger partial charge in [0.25, 0.3) is 0 Å². The highest BCUT2D eigenvalue weighted by Gasteiger charge is 2.33. The Morgan fingerprint density at radius 1 is 1.33 bits per heavy atom. The molecule has 1 N–H and O–H groups in total. The molecule has 0 spiro atoms. The molecule has 2 unspecified atom stereocenters. The summed E-state index contributed by atoms with van der Waals surface area (Å²) in [6, 6.07) is 8.15. The molecule has 6 nitrogen and oxygen atoms in total. The van der Waals surface area contributed by atoms with Crippen LogP contribution in [-0.4, -0.2) is 55.7 Å². The molecule has 0 aliphatic carbocycles. The molecular formula is C21H30N2O4. The van der Waals surface area contributed by atoms with Gasteiger partial charge < -0.3 is 19.7 Å². The van der Waals surface area contributed by atoms with Crippen LogP contribution in [0.3, 0.4) is 0 Å². The third kappa shape index (κ3) is 6.04. The Balaban J connectivity index is 1.31. The first-order chi connectivity index (χ1) is 13.1. The molecule has 6 heteroatoms. The van der Waals surface area contributed by atoms with Gasteiger partial charge in [-0.15, -0.1) is 0 Å². The maximum atomic E-state index is 12.3. The van der Waals surface area contributed by atoms with Crippen molar-refractivity contribution in [1.82, 2.24) is 10.2 Å². The Morgan fingerprint density at radius 2 is 2.15 bits per heavy atom. The van der Waals surface area contributed by atoms with Gasteiger partial charge in [0, 0.05) is 39.3 Å². The van der Waals surface area contributed by atoms with Crippen LogP contribution in [0.5, 0.6) is 0 Å². The number of aryl methyl sites for hydroxylation is 1. The standard InChI is InChI=1S/C21H30N2O4/c1-16-5-7-17(8-6-16)13-23-14-18(12-20(23)24)21(25)22-9-3-10-26-15-19-4-2-11-27-19/h5-8,18-19H,2-4,9-15H2,1H3,(H,22,25). The molecular weight excluding hydrogens is 344 g/mol. The second-order valence-electron chi connectivity index (χ2n) is 7.52. The number of carbonyl (C=O) groups excluding carboxylic acids is 2. The van der Waals surface area contributed by atoms with E-state index in [1.807, 2.05) is 31.2 Å². The zero-order valence-electron chi connectivity index (χ0n) is 16.1. The van der Waals surface area contributed by atoms with Gasteiger partial charge in [-0.05, 0) is 31.7 Å². The van der Waals surface area contributed by atoms with Crippen molar-refractivity contribution < 1.29 is 19.1 Å². The fourth-order valence-electron chi connectivity index (χ4n) is 3.54. The van der Waals surface area contributed by atoms with E-state index in [1.165, 1.54) is 5.56 Å². The van der Waals surface area contributed by atoms with E-state index in [4.69, 9.17) is 9.47 Å². The van der Waals surface area contributed by atoms with Gasteiger partial charge in [-0.25, -0.2) is 0 Å². The summed E-state index contributed by atoms with van der Waals surface area (Å²) in [5.74, 6) is -0.236. The number of nitrogens with one attached hydrogen (secondary N) is 1. The summed E-state index contributed by atoms with van der Waals surface area (Å²) in [6.45, 7) is 5.77. The van der Waals surface area contributed by atoms with Crippen LogP contribution in [0.2, 0.25) is 0 Å². The van der Waals surface area contributed by atoms with Crippen molar-refractivity contribution in [2.45, 2.75) is 45.3 Å². The van der Waals surface area contributed by atoms with Crippen molar-refractivity contribution in [3.05, 3.63) is 35.4 Å². The van der Waals surface area contributed by atoms with Crippen molar-refractivity contribution in [1.29, 1.82) is 0 Å². The van der Waals surface area contributed by atoms with Crippen molar-refractivity contribution >= 4 is 11.8 Å². The molecule has 1 aromatic carbocycles. The summed E-state index contributed by atoms with van der Waals surface area (Å²) in [4.78, 5) is 26.3. The minimum atomic E-state index is -0.254. The number of hydrogen-bond acceptors (Lipinski definition) is 4. The van der Waals surface area contributed by atoms with E-state index in [0.717, 1.165) is 31.4 Å². The summed E-state index contributed by atoms with van der Waals surface area (Å²) in [7, 11) is 0. The lowest BCUT2D eigenvalue weighted by molar-refractivity contribution is -0.129. The Bertz CT molecular complexity index is 626. The Kier molecular flexibility index (Phi) is 7.24. The van der Waals surface area contributed by atoms with Crippen molar-refractivity contribution in [3.63, 3.8) is 0 Å². The van der Waals surface area contributed by atoms with E-state index in [1.54, 1.807) is 4.90 Å². The fourth-order valence-corrected chi connectivity index (χ4v) is 3.54. The lowest BCUT2D eigenvalue weighted by Gasteiger charge is -2.17. The topological polar surface area (TPSA) is 67.9 Å². The average molecular weight is 374 g/mol. The Morgan fingerprint density at radius 3 is 2.89 bits per heavy atom. The average Bonchev–Trinajstić information content (AvgIpc) is 3.30. The summed E-state index contributed by atoms with van der Waals surface area (Å²) in [5, 5.41) is 2.94. The summed E-state index contributed by atoms with van der Waals surface area (Å²) < 4.78 is 11.1. The van der Waals surface area contributed by atoms with Gasteiger partial charge in [-0.1, -0.05) is 29.8 Å². The number of hydrogen-bond donors (Lipinski definition) is 1. The van der Waals surface area contributed by atoms with E-state index >= 15 is 0 Å². The van der Waals surface area contributed by atoms with Crippen molar-refractivity contribution in [2.75, 3.05) is 32.9 Å². The largest absolute Gasteiger partial charge is 0.379 e. The molecule has 0 radical (unpaired) electrons. The van der Waals surface area contributed by atoms with Crippen LogP contribution in [0.1, 0.15) is 36.8 Å². The van der Waals surface area contributed by atoms with E-state index in [9.17, 15) is 9.59 Å². The van der Waals surface area contributed by atoms with Crippen LogP contribution in [0, 0.1) is 12.8 Å². The summed E-state index contributed by atoms with van der Waals surface area (Å²) >= 11 is 0. The van der Waals surface area contributed by atoms with E-state index in [-0.39, 0.29) is 23.8 Å². The number of ether oxygens (including phenoxy) is 2. The zero-order chi connectivity index (χ0) is 19.1. The fraction of sp³-hybridized carbons (Fsp3) is 0.619. The third-order valence-electron chi connectivity index (χ3n) is 5.17. The molecule has 27 heavy (non-hydrogen) atoms. The van der Waals surface area contributed by atoms with Gasteiger partial charge in [-0.2, -0.15) is 0 Å². The molecule has 2 amide bonds. The molecule has 2 fully saturated rings. The van der Waals surface area contributed by atoms with Gasteiger partial charge in [0.1, 0.15) is 0 Å². The number of amides is 2. The van der Waals surface area contributed by atoms with Crippen molar-refractivity contribution in [3.8, 4) is 0 Å². The number of likely N-dealkylation sites (tertiary alicyclic amines) is 1. The van der Waals surface area contributed by atoms with Crippen LogP contribution in [-0.2, 0) is 25.6 Å². The van der Waals surface area contributed by atoms with E-state index in [0.29, 0.717) is 39.3 Å². The molecule has 2 saturated heterocycles. The van der Waals surface area contributed by atoms with Crippen LogP contribution in [0.25, 0.3) is 0 Å². The van der Waals surface area contributed by atoms with Gasteiger partial charge in [0.05, 0.1) is 18.6 Å². The Hall–Kier alpha value is -1.92. The molecule has 1 aromatic rings. The van der Waals surface area contributed by atoms with Gasteiger partial charge >= 0.3 is 0 Å². The van der Waals surface area contributed by atoms with Gasteiger partial charge in [0.15, 0.2) is 0 Å². The molecule has 2 aliphatic heterocycles. The normalized spacial score (nSPS) is 22.4. The van der Waals surface area contributed by atoms with Gasteiger partial charge in [0.2, 0.25) is 11.8 Å². The molecule has 2 aliphatic rings. The number of rotatable bonds is 9. The highest BCUT2D eigenvalue weighted by Crippen LogP contribution is 2.20. The predicted octanol–water partition coefficient (Wildman–Crippen LogP) is 2.05. The highest BCUT2D eigenvalue weighted by atomic mass is 16.5. The van der Waals surface area contributed by atoms with Crippen LogP contribution >= 0.6 is 0 Å². The monoisotopic (exact) mass is 374 g/mol. The molecule has 148 valence electrons. The van der Waals surface area contributed by atoms with E-state index in [2.05, 4.69) is 5.32 Å². The first kappa shape index (κ1) is 19.8. The van der Waals surface area contributed by atoms with Crippen LogP contribution in [0.4, 0.5) is 0 Å². The maximum Gasteiger partial charge on any atom is 0.225 e. The number of carbonyl (C=O) groups is 2. The maximum absolute atomic E-state index is 12.3. The lowest BCUT2D eigenvalue weighted by atomic mass is 10.1. The van der Waals surface area contributed by atoms with Crippen molar-refractivity contribution in [2.24, 2.45) is 5.92 Å². The zero-order valence-corrected chi connectivity index (χ0v) is 16.1. The minimum absolute atomic E-state index is 0.0334. The smallest absolute Gasteiger partial charge is 0.225 e. The summed E-state index contributed by atoms with van der Waals surface area (Å²) in [6.07, 6.45) is 3.50. The molecule has 2 heterocycles. The van der Waals surface area contributed by atoms with Gasteiger partial charge in [-0.3, -0.25) is 9.59 Å². The second-order valence-corrected chi connectivity index (χ2v) is 7.52. The first-order valence-electron chi connectivity index (χ1n) is 9.92. The van der Waals surface area contributed by atoms with Crippen LogP contribution < -0.4 is 5.32 Å². The SMILES string of the molecule is Cc1ccc(CN2CC(C(=O)NCCCOCC3CCCO3)CC2=O)cc1.